The highest BCUT2D eigenvalue weighted by atomic mass is 32.1. The number of fused-ring (bicyclic) bond motifs is 6. The molecule has 0 unspecified atom stereocenters. The lowest BCUT2D eigenvalue weighted by atomic mass is 9.98. The van der Waals surface area contributed by atoms with Gasteiger partial charge >= 0.3 is 0 Å². The molecule has 44 heavy (non-hydrogen) atoms. The van der Waals surface area contributed by atoms with Crippen LogP contribution in [0.3, 0.4) is 0 Å². The van der Waals surface area contributed by atoms with Crippen molar-refractivity contribution in [2.45, 2.75) is 0 Å². The molecular weight excluding hydrogens is 559 g/mol. The Morgan fingerprint density at radius 2 is 0.977 bits per heavy atom. The summed E-state index contributed by atoms with van der Waals surface area (Å²) < 4.78 is 8.62. The van der Waals surface area contributed by atoms with Crippen LogP contribution in [0.4, 0.5) is 0 Å². The van der Waals surface area contributed by atoms with Gasteiger partial charge in [-0.2, -0.15) is 0 Å². The Balaban J connectivity index is 1.21. The van der Waals surface area contributed by atoms with Gasteiger partial charge in [-0.3, -0.25) is 0 Å². The van der Waals surface area contributed by atoms with Crippen LogP contribution in [0.5, 0.6) is 0 Å². The summed E-state index contributed by atoms with van der Waals surface area (Å²) in [5.41, 5.74) is 6.92. The number of thiophene rings is 1. The Labute approximate surface area is 256 Å². The van der Waals surface area contributed by atoms with E-state index in [4.69, 9.17) is 19.4 Å². The van der Waals surface area contributed by atoms with Crippen molar-refractivity contribution < 1.29 is 4.42 Å². The van der Waals surface area contributed by atoms with E-state index in [1.54, 1.807) is 11.3 Å². The molecule has 0 saturated carbocycles. The first kappa shape index (κ1) is 24.9. The zero-order valence-corrected chi connectivity index (χ0v) is 24.3. The maximum atomic E-state index is 6.14. The molecular formula is C39H23N3OS. The van der Waals surface area contributed by atoms with Crippen molar-refractivity contribution >= 4 is 53.4 Å². The molecule has 0 aliphatic heterocycles. The summed E-state index contributed by atoms with van der Waals surface area (Å²) in [6.45, 7) is 0. The lowest BCUT2D eigenvalue weighted by Crippen LogP contribution is -2.00. The van der Waals surface area contributed by atoms with Crippen LogP contribution in [0.2, 0.25) is 0 Å². The number of hydrogen-bond donors (Lipinski definition) is 0. The number of aromatic nitrogens is 3. The van der Waals surface area contributed by atoms with E-state index in [1.807, 2.05) is 54.6 Å². The molecule has 3 heterocycles. The van der Waals surface area contributed by atoms with E-state index < -0.39 is 0 Å². The molecule has 0 aliphatic carbocycles. The average Bonchev–Trinajstić information content (AvgIpc) is 3.67. The molecule has 4 nitrogen and oxygen atoms in total. The second-order valence-electron chi connectivity index (χ2n) is 10.8. The summed E-state index contributed by atoms with van der Waals surface area (Å²) in [5.74, 6) is 1.96. The molecule has 0 N–H and O–H groups in total. The number of rotatable bonds is 4. The van der Waals surface area contributed by atoms with E-state index in [-0.39, 0.29) is 0 Å². The average molecular weight is 582 g/mol. The first-order chi connectivity index (χ1) is 21.8. The number of para-hydroxylation sites is 1. The highest BCUT2D eigenvalue weighted by Gasteiger charge is 2.17. The molecule has 0 radical (unpaired) electrons. The fraction of sp³-hybridized carbons (Fsp3) is 0. The molecule has 9 rings (SSSR count). The van der Waals surface area contributed by atoms with Crippen LogP contribution < -0.4 is 0 Å². The zero-order chi connectivity index (χ0) is 29.0. The Hall–Kier alpha value is -5.65. The summed E-state index contributed by atoms with van der Waals surface area (Å²) in [7, 11) is 0. The van der Waals surface area contributed by atoms with Crippen molar-refractivity contribution in [3.05, 3.63) is 140 Å². The Bertz CT molecular complexity index is 2490. The summed E-state index contributed by atoms with van der Waals surface area (Å²) >= 11 is 1.80. The molecule has 0 bridgehead atoms. The second kappa shape index (κ2) is 9.97. The zero-order valence-electron chi connectivity index (χ0n) is 23.4. The van der Waals surface area contributed by atoms with Crippen LogP contribution in [0.25, 0.3) is 87.4 Å². The Kier molecular flexibility index (Phi) is 5.64. The summed E-state index contributed by atoms with van der Waals surface area (Å²) in [5, 5.41) is 4.64. The Morgan fingerprint density at radius 3 is 1.82 bits per heavy atom. The van der Waals surface area contributed by atoms with Crippen molar-refractivity contribution in [2.75, 3.05) is 0 Å². The van der Waals surface area contributed by atoms with Gasteiger partial charge in [-0.05, 0) is 35.4 Å². The van der Waals surface area contributed by atoms with E-state index in [2.05, 4.69) is 84.9 Å². The first-order valence-corrected chi connectivity index (χ1v) is 15.3. The van der Waals surface area contributed by atoms with E-state index in [1.165, 1.54) is 20.2 Å². The van der Waals surface area contributed by atoms with Crippen LogP contribution in [-0.4, -0.2) is 15.0 Å². The minimum atomic E-state index is 0.643. The molecule has 0 fully saturated rings. The predicted octanol–water partition coefficient (Wildman–Crippen LogP) is 10.8. The van der Waals surface area contributed by atoms with Gasteiger partial charge < -0.3 is 4.42 Å². The first-order valence-electron chi connectivity index (χ1n) is 14.5. The highest BCUT2D eigenvalue weighted by molar-refractivity contribution is 7.25. The third-order valence-corrected chi connectivity index (χ3v) is 9.30. The maximum absolute atomic E-state index is 6.14. The number of hydrogen-bond acceptors (Lipinski definition) is 5. The molecule has 0 saturated heterocycles. The monoisotopic (exact) mass is 581 g/mol. The normalized spacial score (nSPS) is 11.6. The molecule has 0 spiro atoms. The van der Waals surface area contributed by atoms with Crippen LogP contribution in [0.1, 0.15) is 0 Å². The molecule has 6 aromatic carbocycles. The van der Waals surface area contributed by atoms with Gasteiger partial charge in [0.1, 0.15) is 11.2 Å². The largest absolute Gasteiger partial charge is 0.456 e. The van der Waals surface area contributed by atoms with Crippen molar-refractivity contribution in [1.82, 2.24) is 15.0 Å². The predicted molar refractivity (Wildman–Crippen MR) is 182 cm³/mol. The van der Waals surface area contributed by atoms with E-state index in [0.29, 0.717) is 17.5 Å². The molecule has 3 aromatic heterocycles. The van der Waals surface area contributed by atoms with Gasteiger partial charge in [0.25, 0.3) is 0 Å². The van der Waals surface area contributed by atoms with Crippen LogP contribution >= 0.6 is 11.3 Å². The van der Waals surface area contributed by atoms with Gasteiger partial charge in [-0.15, -0.1) is 11.3 Å². The molecule has 0 amide bonds. The fourth-order valence-electron chi connectivity index (χ4n) is 6.12. The minimum Gasteiger partial charge on any atom is -0.456 e. The molecule has 0 aliphatic rings. The van der Waals surface area contributed by atoms with Gasteiger partial charge in [0.2, 0.25) is 0 Å². The van der Waals surface area contributed by atoms with Gasteiger partial charge in [0, 0.05) is 47.6 Å². The molecule has 206 valence electrons. The summed E-state index contributed by atoms with van der Waals surface area (Å²) in [6, 6.07) is 48.0. The summed E-state index contributed by atoms with van der Waals surface area (Å²) in [4.78, 5) is 15.1. The third kappa shape index (κ3) is 4.02. The number of furan rings is 1. The van der Waals surface area contributed by atoms with E-state index >= 15 is 0 Å². The SMILES string of the molecule is c1ccc(-c2nc(-c3ccc(-c4cccc5oc6ccccc6c45)cc3)nc(-c3cccc4sc5ccccc5c34)n2)cc1. The maximum Gasteiger partial charge on any atom is 0.164 e. The van der Waals surface area contributed by atoms with Gasteiger partial charge in [-0.25, -0.2) is 15.0 Å². The van der Waals surface area contributed by atoms with Crippen molar-refractivity contribution in [2.24, 2.45) is 0 Å². The number of nitrogens with zero attached hydrogens (tertiary/aromatic N) is 3. The standard InChI is InChI=1S/C39H23N3OS/c1-2-10-25(11-3-1)37-40-38(42-39(41-37)30-15-9-19-34-36(30)29-13-5-7-18-33(29)44-34)26-22-20-24(21-23-26)27-14-8-17-32-35(27)28-12-4-6-16-31(28)43-32/h1-23H. The fourth-order valence-corrected chi connectivity index (χ4v) is 7.25. The van der Waals surface area contributed by atoms with Crippen molar-refractivity contribution in [1.29, 1.82) is 0 Å². The number of benzene rings is 6. The molecule has 5 heteroatoms. The topological polar surface area (TPSA) is 51.8 Å². The van der Waals surface area contributed by atoms with Crippen LogP contribution in [-0.2, 0) is 0 Å². The molecule has 0 atom stereocenters. The van der Waals surface area contributed by atoms with Gasteiger partial charge in [0.15, 0.2) is 17.5 Å². The van der Waals surface area contributed by atoms with Crippen LogP contribution in [0, 0.1) is 0 Å². The van der Waals surface area contributed by atoms with Gasteiger partial charge in [0.05, 0.1) is 0 Å². The van der Waals surface area contributed by atoms with E-state index in [0.717, 1.165) is 49.8 Å². The lowest BCUT2D eigenvalue weighted by Gasteiger charge is -2.10. The summed E-state index contributed by atoms with van der Waals surface area (Å²) in [6.07, 6.45) is 0. The second-order valence-corrected chi connectivity index (χ2v) is 11.9. The minimum absolute atomic E-state index is 0.643. The smallest absolute Gasteiger partial charge is 0.164 e. The lowest BCUT2D eigenvalue weighted by molar-refractivity contribution is 0.669. The highest BCUT2D eigenvalue weighted by Crippen LogP contribution is 2.40. The molecule has 9 aromatic rings. The van der Waals surface area contributed by atoms with E-state index in [9.17, 15) is 0 Å². The van der Waals surface area contributed by atoms with Crippen LogP contribution in [0.15, 0.2) is 144 Å². The van der Waals surface area contributed by atoms with Crippen molar-refractivity contribution in [3.63, 3.8) is 0 Å². The van der Waals surface area contributed by atoms with Gasteiger partial charge in [-0.1, -0.05) is 115 Å². The third-order valence-electron chi connectivity index (χ3n) is 8.17. The van der Waals surface area contributed by atoms with Crippen molar-refractivity contribution in [3.8, 4) is 45.3 Å². The quantitative estimate of drug-likeness (QED) is 0.207. The Morgan fingerprint density at radius 1 is 0.386 bits per heavy atom.